The molecular formula is C16H21N3O2. The largest absolute Gasteiger partial charge is 0.386 e. The molecule has 0 aliphatic carbocycles. The van der Waals surface area contributed by atoms with Gasteiger partial charge in [-0.05, 0) is 25.1 Å². The maximum atomic E-state index is 10.4. The molecule has 112 valence electrons. The van der Waals surface area contributed by atoms with Crippen molar-refractivity contribution in [2.24, 2.45) is 0 Å². The Morgan fingerprint density at radius 2 is 2.19 bits per heavy atom. The number of benzene rings is 1. The van der Waals surface area contributed by atoms with E-state index in [0.717, 1.165) is 11.4 Å². The van der Waals surface area contributed by atoms with Gasteiger partial charge in [0.2, 0.25) is 0 Å². The molecule has 1 aromatic heterocycles. The van der Waals surface area contributed by atoms with Gasteiger partial charge in [-0.15, -0.1) is 0 Å². The molecule has 2 unspecified atom stereocenters. The molecule has 5 heteroatoms. The molecule has 0 saturated carbocycles. The Labute approximate surface area is 124 Å². The van der Waals surface area contributed by atoms with Crippen molar-refractivity contribution in [1.29, 1.82) is 0 Å². The fourth-order valence-corrected chi connectivity index (χ4v) is 2.59. The quantitative estimate of drug-likeness (QED) is 0.875. The first-order valence-electron chi connectivity index (χ1n) is 7.32. The smallest absolute Gasteiger partial charge is 0.105 e. The zero-order valence-corrected chi connectivity index (χ0v) is 12.2. The molecule has 0 spiro atoms. The molecule has 2 atom stereocenters. The highest BCUT2D eigenvalue weighted by Crippen LogP contribution is 2.24. The first-order chi connectivity index (χ1) is 10.2. The third-order valence-corrected chi connectivity index (χ3v) is 4.06. The molecule has 1 aromatic carbocycles. The molecule has 1 fully saturated rings. The predicted molar refractivity (Wildman–Crippen MR) is 80.3 cm³/mol. The van der Waals surface area contributed by atoms with E-state index in [0.29, 0.717) is 26.1 Å². The molecule has 21 heavy (non-hydrogen) atoms. The van der Waals surface area contributed by atoms with Crippen molar-refractivity contribution in [3.63, 3.8) is 0 Å². The molecule has 2 aromatic rings. The van der Waals surface area contributed by atoms with Gasteiger partial charge in [-0.1, -0.05) is 18.2 Å². The van der Waals surface area contributed by atoms with Crippen LogP contribution in [0, 0.1) is 0 Å². The van der Waals surface area contributed by atoms with Crippen LogP contribution in [0.1, 0.15) is 19.0 Å². The van der Waals surface area contributed by atoms with E-state index in [2.05, 4.69) is 10.4 Å². The summed E-state index contributed by atoms with van der Waals surface area (Å²) >= 11 is 0. The van der Waals surface area contributed by atoms with Gasteiger partial charge in [-0.2, -0.15) is 5.10 Å². The van der Waals surface area contributed by atoms with Crippen molar-refractivity contribution in [2.75, 3.05) is 13.2 Å². The second-order valence-electron chi connectivity index (χ2n) is 5.56. The summed E-state index contributed by atoms with van der Waals surface area (Å²) in [6, 6.07) is 12.0. The average molecular weight is 287 g/mol. The number of rotatable bonds is 5. The second kappa shape index (κ2) is 5.97. The van der Waals surface area contributed by atoms with E-state index in [1.807, 2.05) is 54.2 Å². The first kappa shape index (κ1) is 14.3. The summed E-state index contributed by atoms with van der Waals surface area (Å²) in [5, 5.41) is 18.2. The molecule has 2 heterocycles. The number of para-hydroxylation sites is 1. The highest BCUT2D eigenvalue weighted by Gasteiger charge is 2.38. The highest BCUT2D eigenvalue weighted by molar-refractivity contribution is 5.30. The molecule has 1 aliphatic heterocycles. The van der Waals surface area contributed by atoms with Gasteiger partial charge in [0.1, 0.15) is 5.60 Å². The molecule has 1 aliphatic rings. The maximum Gasteiger partial charge on any atom is 0.105 e. The Balaban J connectivity index is 1.56. The van der Waals surface area contributed by atoms with Gasteiger partial charge in [0, 0.05) is 32.3 Å². The normalized spacial score (nSPS) is 25.3. The van der Waals surface area contributed by atoms with Crippen LogP contribution in [0.15, 0.2) is 42.6 Å². The summed E-state index contributed by atoms with van der Waals surface area (Å²) in [5.74, 6) is 0. The van der Waals surface area contributed by atoms with Crippen LogP contribution in [0.3, 0.4) is 0 Å². The summed E-state index contributed by atoms with van der Waals surface area (Å²) in [4.78, 5) is 0. The molecule has 0 radical (unpaired) electrons. The third-order valence-electron chi connectivity index (χ3n) is 4.06. The first-order valence-corrected chi connectivity index (χ1v) is 7.32. The minimum absolute atomic E-state index is 0.119. The number of hydrogen-bond donors (Lipinski definition) is 2. The standard InChI is InChI=1S/C16H21N3O2/c1-13-16(20,8-10-21-13)12-17-11-14-7-9-19(18-14)15-5-3-2-4-6-15/h2-7,9,13,17,20H,8,10-12H2,1H3. The highest BCUT2D eigenvalue weighted by atomic mass is 16.5. The summed E-state index contributed by atoms with van der Waals surface area (Å²) in [5.41, 5.74) is 1.23. The monoisotopic (exact) mass is 287 g/mol. The third kappa shape index (κ3) is 3.15. The van der Waals surface area contributed by atoms with Crippen molar-refractivity contribution in [1.82, 2.24) is 15.1 Å². The summed E-state index contributed by atoms with van der Waals surface area (Å²) < 4.78 is 7.28. The van der Waals surface area contributed by atoms with Gasteiger partial charge in [0.15, 0.2) is 0 Å². The van der Waals surface area contributed by atoms with Crippen LogP contribution in [0.2, 0.25) is 0 Å². The number of nitrogens with one attached hydrogen (secondary N) is 1. The molecule has 5 nitrogen and oxygen atoms in total. The molecular weight excluding hydrogens is 266 g/mol. The maximum absolute atomic E-state index is 10.4. The lowest BCUT2D eigenvalue weighted by atomic mass is 9.97. The van der Waals surface area contributed by atoms with E-state index in [9.17, 15) is 5.11 Å². The van der Waals surface area contributed by atoms with Crippen molar-refractivity contribution in [2.45, 2.75) is 31.6 Å². The molecule has 1 saturated heterocycles. The van der Waals surface area contributed by atoms with Crippen LogP contribution in [0.4, 0.5) is 0 Å². The van der Waals surface area contributed by atoms with Crippen molar-refractivity contribution in [3.05, 3.63) is 48.3 Å². The minimum Gasteiger partial charge on any atom is -0.386 e. The van der Waals surface area contributed by atoms with Crippen molar-refractivity contribution >= 4 is 0 Å². The van der Waals surface area contributed by atoms with E-state index in [1.54, 1.807) is 0 Å². The number of ether oxygens (including phenoxy) is 1. The lowest BCUT2D eigenvalue weighted by Crippen LogP contribution is -2.45. The number of nitrogens with zero attached hydrogens (tertiary/aromatic N) is 2. The van der Waals surface area contributed by atoms with Gasteiger partial charge in [-0.25, -0.2) is 4.68 Å². The number of hydrogen-bond acceptors (Lipinski definition) is 4. The van der Waals surface area contributed by atoms with Gasteiger partial charge in [0.05, 0.1) is 17.5 Å². The topological polar surface area (TPSA) is 59.3 Å². The zero-order valence-electron chi connectivity index (χ0n) is 12.2. The van der Waals surface area contributed by atoms with Crippen LogP contribution in [-0.4, -0.2) is 39.7 Å². The Bertz CT molecular complexity index is 584. The molecule has 0 amide bonds. The predicted octanol–water partition coefficient (Wildman–Crippen LogP) is 1.50. The Morgan fingerprint density at radius 1 is 1.38 bits per heavy atom. The van der Waals surface area contributed by atoms with Gasteiger partial charge < -0.3 is 15.2 Å². The Morgan fingerprint density at radius 3 is 2.90 bits per heavy atom. The van der Waals surface area contributed by atoms with Gasteiger partial charge in [-0.3, -0.25) is 0 Å². The molecule has 2 N–H and O–H groups in total. The van der Waals surface area contributed by atoms with Crippen LogP contribution >= 0.6 is 0 Å². The van der Waals surface area contributed by atoms with Crippen molar-refractivity contribution in [3.8, 4) is 5.69 Å². The van der Waals surface area contributed by atoms with Crippen LogP contribution in [0.5, 0.6) is 0 Å². The summed E-state index contributed by atoms with van der Waals surface area (Å²) in [7, 11) is 0. The van der Waals surface area contributed by atoms with Crippen LogP contribution < -0.4 is 5.32 Å². The summed E-state index contributed by atoms with van der Waals surface area (Å²) in [6.45, 7) is 3.70. The molecule has 0 bridgehead atoms. The van der Waals surface area contributed by atoms with Crippen LogP contribution in [0.25, 0.3) is 5.69 Å². The van der Waals surface area contributed by atoms with E-state index in [4.69, 9.17) is 4.74 Å². The minimum atomic E-state index is -0.762. The van der Waals surface area contributed by atoms with E-state index >= 15 is 0 Å². The van der Waals surface area contributed by atoms with E-state index in [1.165, 1.54) is 0 Å². The lowest BCUT2D eigenvalue weighted by Gasteiger charge is -2.26. The van der Waals surface area contributed by atoms with E-state index in [-0.39, 0.29) is 6.10 Å². The van der Waals surface area contributed by atoms with Gasteiger partial charge in [0.25, 0.3) is 0 Å². The Hall–Kier alpha value is -1.69. The van der Waals surface area contributed by atoms with Crippen LogP contribution in [-0.2, 0) is 11.3 Å². The van der Waals surface area contributed by atoms with Gasteiger partial charge >= 0.3 is 0 Å². The number of aliphatic hydroxyl groups is 1. The summed E-state index contributed by atoms with van der Waals surface area (Å²) in [6.07, 6.45) is 2.51. The van der Waals surface area contributed by atoms with Crippen molar-refractivity contribution < 1.29 is 9.84 Å². The average Bonchev–Trinajstić information content (AvgIpc) is 3.09. The lowest BCUT2D eigenvalue weighted by molar-refractivity contribution is -0.0263. The number of aromatic nitrogens is 2. The zero-order chi connectivity index (χ0) is 14.7. The fourth-order valence-electron chi connectivity index (χ4n) is 2.59. The Kier molecular flexibility index (Phi) is 4.05. The van der Waals surface area contributed by atoms with E-state index < -0.39 is 5.60 Å². The fraction of sp³-hybridized carbons (Fsp3) is 0.438. The SMILES string of the molecule is CC1OCCC1(O)CNCc1ccn(-c2ccccc2)n1. The second-order valence-corrected chi connectivity index (χ2v) is 5.56. The molecule has 3 rings (SSSR count).